The van der Waals surface area contributed by atoms with E-state index in [1.807, 2.05) is 18.2 Å². The van der Waals surface area contributed by atoms with Crippen molar-refractivity contribution >= 4 is 21.9 Å². The van der Waals surface area contributed by atoms with E-state index in [4.69, 9.17) is 4.74 Å². The number of rotatable bonds is 6. The lowest BCUT2D eigenvalue weighted by Gasteiger charge is -2.03. The SMILES string of the molecule is CC(C)=CCC/C(C)=C/COC(=O)c1ccc(Br)cc1. The molecule has 1 rings (SSSR count). The molecule has 0 radical (unpaired) electrons. The van der Waals surface area contributed by atoms with Gasteiger partial charge in [-0.05, 0) is 64.0 Å². The molecule has 0 aromatic heterocycles. The van der Waals surface area contributed by atoms with Crippen LogP contribution in [0.5, 0.6) is 0 Å². The fourth-order valence-electron chi connectivity index (χ4n) is 1.62. The predicted octanol–water partition coefficient (Wildman–Crippen LogP) is 5.30. The van der Waals surface area contributed by atoms with Gasteiger partial charge in [-0.25, -0.2) is 4.79 Å². The Hall–Kier alpha value is -1.35. The summed E-state index contributed by atoms with van der Waals surface area (Å²) in [5.74, 6) is -0.286. The van der Waals surface area contributed by atoms with E-state index in [-0.39, 0.29) is 5.97 Å². The van der Waals surface area contributed by atoms with Gasteiger partial charge in [0.15, 0.2) is 0 Å². The largest absolute Gasteiger partial charge is 0.458 e. The number of hydrogen-bond acceptors (Lipinski definition) is 2. The first kappa shape index (κ1) is 16.7. The third kappa shape index (κ3) is 6.71. The fraction of sp³-hybridized carbons (Fsp3) is 0.353. The molecule has 0 aliphatic rings. The minimum absolute atomic E-state index is 0.286. The topological polar surface area (TPSA) is 26.3 Å². The monoisotopic (exact) mass is 336 g/mol. The summed E-state index contributed by atoms with van der Waals surface area (Å²) < 4.78 is 6.17. The molecule has 0 N–H and O–H groups in total. The summed E-state index contributed by atoms with van der Waals surface area (Å²) in [6.45, 7) is 6.58. The van der Waals surface area contributed by atoms with Crippen LogP contribution in [-0.2, 0) is 4.74 Å². The summed E-state index contributed by atoms with van der Waals surface area (Å²) in [5, 5.41) is 0. The molecule has 0 spiro atoms. The molecule has 0 amide bonds. The van der Waals surface area contributed by atoms with E-state index in [1.165, 1.54) is 11.1 Å². The first-order valence-corrected chi connectivity index (χ1v) is 7.50. The Morgan fingerprint density at radius 2 is 1.80 bits per heavy atom. The van der Waals surface area contributed by atoms with E-state index >= 15 is 0 Å². The third-order valence-electron chi connectivity index (χ3n) is 2.82. The summed E-state index contributed by atoms with van der Waals surface area (Å²) in [5.41, 5.74) is 3.15. The van der Waals surface area contributed by atoms with E-state index in [2.05, 4.69) is 42.8 Å². The van der Waals surface area contributed by atoms with Gasteiger partial charge in [0.25, 0.3) is 0 Å². The number of allylic oxidation sites excluding steroid dienone is 3. The van der Waals surface area contributed by atoms with E-state index in [9.17, 15) is 4.79 Å². The smallest absolute Gasteiger partial charge is 0.338 e. The fourth-order valence-corrected chi connectivity index (χ4v) is 1.88. The molecule has 0 saturated carbocycles. The molecule has 0 fully saturated rings. The highest BCUT2D eigenvalue weighted by Gasteiger charge is 2.05. The van der Waals surface area contributed by atoms with Crippen molar-refractivity contribution in [2.75, 3.05) is 6.61 Å². The van der Waals surface area contributed by atoms with Gasteiger partial charge in [0.1, 0.15) is 6.61 Å². The average Bonchev–Trinajstić information content (AvgIpc) is 2.39. The van der Waals surface area contributed by atoms with Crippen molar-refractivity contribution in [3.8, 4) is 0 Å². The maximum absolute atomic E-state index is 11.8. The Bertz CT molecular complexity index is 494. The van der Waals surface area contributed by atoms with Gasteiger partial charge in [-0.3, -0.25) is 0 Å². The van der Waals surface area contributed by atoms with Crippen molar-refractivity contribution in [3.05, 3.63) is 57.6 Å². The number of carbonyl (C=O) groups is 1. The van der Waals surface area contributed by atoms with Crippen LogP contribution in [0.2, 0.25) is 0 Å². The average molecular weight is 337 g/mol. The summed E-state index contributed by atoms with van der Waals surface area (Å²) in [7, 11) is 0. The van der Waals surface area contributed by atoms with Crippen molar-refractivity contribution in [1.82, 2.24) is 0 Å². The minimum atomic E-state index is -0.286. The molecule has 3 heteroatoms. The highest BCUT2D eigenvalue weighted by molar-refractivity contribution is 9.10. The van der Waals surface area contributed by atoms with Crippen LogP contribution in [0.15, 0.2) is 52.0 Å². The standard InChI is InChI=1S/C17H21BrO2/c1-13(2)5-4-6-14(3)11-12-20-17(19)15-7-9-16(18)10-8-15/h5,7-11H,4,6,12H2,1-3H3/b14-11+. The second-order valence-electron chi connectivity index (χ2n) is 4.98. The number of halogens is 1. The molecule has 0 aliphatic heterocycles. The van der Waals surface area contributed by atoms with Gasteiger partial charge >= 0.3 is 5.97 Å². The van der Waals surface area contributed by atoms with E-state index < -0.39 is 0 Å². The zero-order valence-electron chi connectivity index (χ0n) is 12.3. The summed E-state index contributed by atoms with van der Waals surface area (Å²) >= 11 is 3.33. The van der Waals surface area contributed by atoms with Gasteiger partial charge in [-0.1, -0.05) is 33.2 Å². The van der Waals surface area contributed by atoms with E-state index in [0.717, 1.165) is 17.3 Å². The first-order valence-electron chi connectivity index (χ1n) is 6.70. The van der Waals surface area contributed by atoms with Crippen LogP contribution in [0.25, 0.3) is 0 Å². The second-order valence-corrected chi connectivity index (χ2v) is 5.89. The molecule has 0 saturated heterocycles. The maximum atomic E-state index is 11.8. The van der Waals surface area contributed by atoms with E-state index in [0.29, 0.717) is 12.2 Å². The number of ether oxygens (including phenoxy) is 1. The summed E-state index contributed by atoms with van der Waals surface area (Å²) in [6, 6.07) is 7.16. The zero-order valence-corrected chi connectivity index (χ0v) is 13.9. The molecule has 0 unspecified atom stereocenters. The Morgan fingerprint density at radius 1 is 1.15 bits per heavy atom. The van der Waals surface area contributed by atoms with Gasteiger partial charge in [-0.15, -0.1) is 0 Å². The van der Waals surface area contributed by atoms with Crippen molar-refractivity contribution in [1.29, 1.82) is 0 Å². The van der Waals surface area contributed by atoms with Crippen LogP contribution >= 0.6 is 15.9 Å². The molecule has 20 heavy (non-hydrogen) atoms. The predicted molar refractivity (Wildman–Crippen MR) is 86.8 cm³/mol. The van der Waals surface area contributed by atoms with Gasteiger partial charge < -0.3 is 4.74 Å². The van der Waals surface area contributed by atoms with Gasteiger partial charge in [0.05, 0.1) is 5.56 Å². The summed E-state index contributed by atoms with van der Waals surface area (Å²) in [6.07, 6.45) is 6.22. The van der Waals surface area contributed by atoms with Gasteiger partial charge in [-0.2, -0.15) is 0 Å². The molecule has 0 heterocycles. The third-order valence-corrected chi connectivity index (χ3v) is 3.35. The number of carbonyl (C=O) groups excluding carboxylic acids is 1. The van der Waals surface area contributed by atoms with Crippen molar-refractivity contribution in [2.45, 2.75) is 33.6 Å². The Morgan fingerprint density at radius 3 is 2.40 bits per heavy atom. The normalized spacial score (nSPS) is 11.1. The highest BCUT2D eigenvalue weighted by atomic mass is 79.9. The van der Waals surface area contributed by atoms with Crippen molar-refractivity contribution in [3.63, 3.8) is 0 Å². The van der Waals surface area contributed by atoms with Crippen LogP contribution in [0.4, 0.5) is 0 Å². The molecule has 108 valence electrons. The number of benzene rings is 1. The second kappa shape index (κ2) is 8.75. The van der Waals surface area contributed by atoms with Crippen LogP contribution in [-0.4, -0.2) is 12.6 Å². The Labute approximate surface area is 129 Å². The first-order chi connectivity index (χ1) is 9.49. The van der Waals surface area contributed by atoms with Crippen LogP contribution in [0.3, 0.4) is 0 Å². The van der Waals surface area contributed by atoms with Crippen LogP contribution < -0.4 is 0 Å². The van der Waals surface area contributed by atoms with Gasteiger partial charge in [0.2, 0.25) is 0 Å². The van der Waals surface area contributed by atoms with Crippen LogP contribution in [0.1, 0.15) is 44.0 Å². The zero-order chi connectivity index (χ0) is 15.0. The lowest BCUT2D eigenvalue weighted by atomic mass is 10.1. The molecule has 0 aliphatic carbocycles. The molecule has 0 bridgehead atoms. The van der Waals surface area contributed by atoms with Gasteiger partial charge in [0, 0.05) is 4.47 Å². The quantitative estimate of drug-likeness (QED) is 0.520. The van der Waals surface area contributed by atoms with E-state index in [1.54, 1.807) is 12.1 Å². The molecule has 0 atom stereocenters. The minimum Gasteiger partial charge on any atom is -0.458 e. The van der Waals surface area contributed by atoms with Crippen molar-refractivity contribution < 1.29 is 9.53 Å². The molecule has 1 aromatic rings. The Kier molecular flexibility index (Phi) is 7.31. The molecular weight excluding hydrogens is 316 g/mol. The summed E-state index contributed by atoms with van der Waals surface area (Å²) in [4.78, 5) is 11.8. The maximum Gasteiger partial charge on any atom is 0.338 e. The van der Waals surface area contributed by atoms with Crippen LogP contribution in [0, 0.1) is 0 Å². The Balaban J connectivity index is 2.37. The lowest BCUT2D eigenvalue weighted by Crippen LogP contribution is -2.05. The van der Waals surface area contributed by atoms with Crippen molar-refractivity contribution in [2.24, 2.45) is 0 Å². The highest BCUT2D eigenvalue weighted by Crippen LogP contribution is 2.11. The molecular formula is C17H21BrO2. The molecule has 1 aromatic carbocycles. The number of hydrogen-bond donors (Lipinski definition) is 0. The number of esters is 1. The lowest BCUT2D eigenvalue weighted by molar-refractivity contribution is 0.0549. The molecule has 2 nitrogen and oxygen atoms in total.